The second-order valence-corrected chi connectivity index (χ2v) is 22.7. The summed E-state index contributed by atoms with van der Waals surface area (Å²) in [5, 5.41) is 25.3. The molecular formula is C52H55F6N10O16S2+. The van der Waals surface area contributed by atoms with Gasteiger partial charge in [-0.2, -0.15) is 41.4 Å². The van der Waals surface area contributed by atoms with Crippen LogP contribution >= 0.6 is 0 Å². The number of rotatable bonds is 24. The van der Waals surface area contributed by atoms with Crippen LogP contribution in [0.25, 0.3) is 33.9 Å². The van der Waals surface area contributed by atoms with E-state index >= 15 is 0 Å². The summed E-state index contributed by atoms with van der Waals surface area (Å²) < 4.78 is 150. The highest BCUT2D eigenvalue weighted by Gasteiger charge is 2.37. The Hall–Kier alpha value is -9.18. The third-order valence-electron chi connectivity index (χ3n) is 12.1. The average Bonchev–Trinajstić information content (AvgIpc) is 2.18. The number of aromatic nitrogens is 4. The van der Waals surface area contributed by atoms with Crippen molar-refractivity contribution in [1.82, 2.24) is 35.2 Å². The van der Waals surface area contributed by atoms with E-state index in [1.807, 2.05) is 5.59 Å². The van der Waals surface area contributed by atoms with Crippen LogP contribution in [-0.4, -0.2) is 146 Å². The Bertz CT molecular complexity index is 3620. The van der Waals surface area contributed by atoms with Crippen LogP contribution in [0.1, 0.15) is 49.2 Å². The number of alkyl halides is 6. The van der Waals surface area contributed by atoms with Gasteiger partial charge in [0.25, 0.3) is 11.8 Å². The monoisotopic (exact) mass is 1250 g/mol. The van der Waals surface area contributed by atoms with Gasteiger partial charge < -0.3 is 29.0 Å². The number of carbonyl (C=O) groups is 4. The number of ether oxygens (including phenoxy) is 4. The highest BCUT2D eigenvalue weighted by atomic mass is 32.2. The zero-order chi connectivity index (χ0) is 63.1. The summed E-state index contributed by atoms with van der Waals surface area (Å²) in [7, 11) is -5.63. The minimum absolute atomic E-state index is 0.00516. The largest absolute Gasteiger partial charge is 0.569 e. The van der Waals surface area contributed by atoms with Gasteiger partial charge in [0.2, 0.25) is 12.1 Å². The number of likely N-dealkylation sites (N-methyl/N-ethyl adjacent to an activating group) is 1. The van der Waals surface area contributed by atoms with Crippen LogP contribution < -0.4 is 5.59 Å². The summed E-state index contributed by atoms with van der Waals surface area (Å²) in [4.78, 5) is 67.6. The minimum Gasteiger partial charge on any atom is -0.569 e. The van der Waals surface area contributed by atoms with E-state index < -0.39 is 86.9 Å². The molecule has 34 heteroatoms. The number of nitrogens with zero attached hydrogens (tertiary/aromatic N) is 9. The first kappa shape index (κ1) is 66.0. The molecule has 1 aliphatic heterocycles. The number of nitroso groups, excluding NO2 is 1. The Morgan fingerprint density at radius 1 is 0.686 bits per heavy atom. The molecule has 3 heterocycles. The van der Waals surface area contributed by atoms with Crippen LogP contribution in [0.15, 0.2) is 124 Å². The van der Waals surface area contributed by atoms with E-state index in [1.165, 1.54) is 98.7 Å². The van der Waals surface area contributed by atoms with E-state index in [1.54, 1.807) is 24.3 Å². The van der Waals surface area contributed by atoms with Crippen LogP contribution in [0.2, 0.25) is 0 Å². The lowest BCUT2D eigenvalue weighted by Crippen LogP contribution is -2.41. The van der Waals surface area contributed by atoms with Crippen LogP contribution in [0.5, 0.6) is 0 Å². The summed E-state index contributed by atoms with van der Waals surface area (Å²) in [5.74, 6) is -2.38. The summed E-state index contributed by atoms with van der Waals surface area (Å²) >= 11 is 0. The highest BCUT2D eigenvalue weighted by Crippen LogP contribution is 2.35. The standard InChI is InChI=1S/C27H28F3N5O8S.C25H27F3N5O8S/c1-18(36)42-17-43-32-35(38)33-13-3-4-22(33)16-41-26(37)14-19-5-7-20(8-6-19)24-15-25(27(28,29)30)31-34(24)21-9-11-23(12-10-21)44(2,39)40;1-17(34)40-16-41-30-33(36)31(2)12-13-39-24(35)14-18-4-6-19(7-5-18)22-15-23(25(26,27)28)29-32(22)20-8-10-21(11-9-20)42(3,37)38/h5-12,15,22H,3-4,13-14,16-17H2,1-2H3;4-11,15H,12-14,16H2,1-3H3,(H,30,36)/q;+1/b35-32-;. The molecule has 2 aromatic heterocycles. The molecule has 1 aliphatic rings. The smallest absolute Gasteiger partial charge is 0.435 e. The normalized spacial score (nSPS) is 13.7. The minimum atomic E-state index is -4.72. The van der Waals surface area contributed by atoms with E-state index in [9.17, 15) is 72.5 Å². The Kier molecular flexibility index (Phi) is 21.9. The van der Waals surface area contributed by atoms with Crippen molar-refractivity contribution in [2.24, 2.45) is 5.28 Å². The lowest BCUT2D eigenvalue weighted by molar-refractivity contribution is -0.785. The number of carbonyl (C=O) groups excluding carboxylic acids is 4. The number of sulfone groups is 2. The molecule has 0 spiro atoms. The molecule has 1 N–H and O–H groups in total. The fourth-order valence-corrected chi connectivity index (χ4v) is 9.08. The number of hydrogen-bond donors (Lipinski definition) is 1. The average molecular weight is 1250 g/mol. The lowest BCUT2D eigenvalue weighted by atomic mass is 10.1. The number of nitrogens with one attached hydrogen (secondary N) is 1. The van der Waals surface area contributed by atoms with Crippen LogP contribution in [0.3, 0.4) is 0 Å². The fraction of sp³-hybridized carbons (Fsp3) is 0.346. The zero-order valence-electron chi connectivity index (χ0n) is 46.2. The van der Waals surface area contributed by atoms with Gasteiger partial charge in [0.1, 0.15) is 25.8 Å². The molecule has 462 valence electrons. The summed E-state index contributed by atoms with van der Waals surface area (Å²) in [6.07, 6.45) is -6.47. The molecule has 1 saturated heterocycles. The second-order valence-electron chi connectivity index (χ2n) is 18.7. The molecule has 4 aromatic carbocycles. The molecule has 1 fully saturated rings. The second kappa shape index (κ2) is 28.6. The van der Waals surface area contributed by atoms with Crippen LogP contribution in [0, 0.1) is 10.1 Å². The first-order chi connectivity index (χ1) is 40.4. The van der Waals surface area contributed by atoms with Gasteiger partial charge in [-0.05, 0) is 84.6 Å². The molecule has 0 aliphatic carbocycles. The quantitative estimate of drug-likeness (QED) is 0.00991. The number of hydrogen-bond acceptors (Lipinski definition) is 19. The van der Waals surface area contributed by atoms with Gasteiger partial charge in [0.15, 0.2) is 31.1 Å². The van der Waals surface area contributed by atoms with Gasteiger partial charge in [-0.3, -0.25) is 19.2 Å². The van der Waals surface area contributed by atoms with Crippen molar-refractivity contribution in [3.63, 3.8) is 0 Å². The van der Waals surface area contributed by atoms with Gasteiger partial charge in [-0.25, -0.2) is 26.2 Å². The summed E-state index contributed by atoms with van der Waals surface area (Å²) in [5.41, 5.74) is 2.11. The summed E-state index contributed by atoms with van der Waals surface area (Å²) in [6.45, 7) is 1.44. The third-order valence-corrected chi connectivity index (χ3v) is 14.4. The van der Waals surface area contributed by atoms with Crippen molar-refractivity contribution in [2.45, 2.75) is 67.7 Å². The number of halogens is 6. The maximum atomic E-state index is 13.5. The topological polar surface area (TPSA) is 305 Å². The Morgan fingerprint density at radius 2 is 1.13 bits per heavy atom. The molecule has 1 unspecified atom stereocenters. The van der Waals surface area contributed by atoms with Crippen LogP contribution in [-0.2, 0) is 92.7 Å². The van der Waals surface area contributed by atoms with Gasteiger partial charge >= 0.3 is 36.2 Å². The molecule has 0 bridgehead atoms. The molecule has 26 nitrogen and oxygen atoms in total. The maximum absolute atomic E-state index is 13.5. The SMILES string of the molecule is CC(=O)OCO/N=[N+](\[O-])N1CCCC1COC(=O)Cc1ccc(-c2cc(C(F)(F)F)nn2-c2ccc(S(C)(=O)=O)cc2)cc1.CC(=O)OCON[N+](=O)N(C)CCOC(=O)Cc1ccc(-c2cc(C(F)(F)F)nn2-c2ccc(S(C)(=O)=O)cc2)cc1. The fourth-order valence-electron chi connectivity index (χ4n) is 7.81. The van der Waals surface area contributed by atoms with E-state index in [0.29, 0.717) is 41.6 Å². The van der Waals surface area contributed by atoms with Crippen molar-refractivity contribution >= 4 is 43.6 Å². The van der Waals surface area contributed by atoms with Crippen molar-refractivity contribution < 1.29 is 101 Å². The molecule has 0 amide bonds. The first-order valence-electron chi connectivity index (χ1n) is 25.2. The zero-order valence-corrected chi connectivity index (χ0v) is 47.8. The van der Waals surface area contributed by atoms with Crippen molar-refractivity contribution in [3.8, 4) is 33.9 Å². The number of hydrazine groups is 3. The summed E-state index contributed by atoms with van der Waals surface area (Å²) in [6, 6.07) is 24.2. The highest BCUT2D eigenvalue weighted by molar-refractivity contribution is 7.91. The Labute approximate surface area is 486 Å². The molecule has 0 radical (unpaired) electrons. The first-order valence-corrected chi connectivity index (χ1v) is 29.0. The van der Waals surface area contributed by atoms with Crippen molar-refractivity contribution in [1.29, 1.82) is 0 Å². The Morgan fingerprint density at radius 3 is 1.56 bits per heavy atom. The van der Waals surface area contributed by atoms with Crippen molar-refractivity contribution in [3.05, 3.63) is 142 Å². The predicted octanol–water partition coefficient (Wildman–Crippen LogP) is 6.47. The number of esters is 4. The van der Waals surface area contributed by atoms with E-state index in [0.717, 1.165) is 39.0 Å². The maximum Gasteiger partial charge on any atom is 0.435 e. The van der Waals surface area contributed by atoms with Gasteiger partial charge in [0, 0.05) is 43.1 Å². The Balaban J connectivity index is 0.000000275. The molecule has 6 aromatic rings. The van der Waals surface area contributed by atoms with E-state index in [4.69, 9.17) is 9.47 Å². The molecule has 7 rings (SSSR count). The van der Waals surface area contributed by atoms with E-state index in [2.05, 4.69) is 34.6 Å². The predicted molar refractivity (Wildman–Crippen MR) is 284 cm³/mol. The molecule has 86 heavy (non-hydrogen) atoms. The third kappa shape index (κ3) is 19.2. The molecular weight excluding hydrogens is 1200 g/mol. The van der Waals surface area contributed by atoms with Gasteiger partial charge in [-0.1, -0.05) is 48.5 Å². The molecule has 0 saturated carbocycles. The molecule has 1 atom stereocenters. The van der Waals surface area contributed by atoms with Crippen LogP contribution in [0.4, 0.5) is 26.3 Å². The van der Waals surface area contributed by atoms with Gasteiger partial charge in [-0.15, -0.1) is 10.0 Å². The van der Waals surface area contributed by atoms with Gasteiger partial charge in [0.05, 0.1) is 68.9 Å². The van der Waals surface area contributed by atoms with Crippen molar-refractivity contribution in [2.75, 3.05) is 59.4 Å². The van der Waals surface area contributed by atoms with E-state index in [-0.39, 0.29) is 75.1 Å². The lowest BCUT2D eigenvalue weighted by Gasteiger charge is -2.19. The number of benzene rings is 4.